The minimum absolute atomic E-state index is 0.0625. The lowest BCUT2D eigenvalue weighted by atomic mass is 10.7. The first-order chi connectivity index (χ1) is 3.06. The number of alkyl halides is 3. The summed E-state index contributed by atoms with van der Waals surface area (Å²) in [5, 5.41) is 0. The van der Waals surface area contributed by atoms with Gasteiger partial charge in [0.25, 0.3) is 0 Å². The molecule has 0 N–H and O–H groups in total. The number of aliphatic imine (C=N–C) groups is 1. The van der Waals surface area contributed by atoms with Crippen molar-refractivity contribution in [3.8, 4) is 0 Å². The van der Waals surface area contributed by atoms with Crippen molar-refractivity contribution in [2.45, 2.75) is 6.18 Å². The van der Waals surface area contributed by atoms with Crippen LogP contribution in [0.4, 0.5) is 13.2 Å². The van der Waals surface area contributed by atoms with Crippen LogP contribution in [0.2, 0.25) is 0 Å². The molecular weight excluding hydrogens is 107 g/mol. The highest BCUT2D eigenvalue weighted by Crippen LogP contribution is 2.09. The predicted molar refractivity (Wildman–Crippen MR) is 20.5 cm³/mol. The Bertz CT molecular complexity index is 72.7. The van der Waals surface area contributed by atoms with E-state index in [1.807, 2.05) is 0 Å². The second-order valence-corrected chi connectivity index (χ2v) is 0.929. The van der Waals surface area contributed by atoms with E-state index in [4.69, 9.17) is 0 Å². The largest absolute Gasteiger partial charge is 0.426 e. The van der Waals surface area contributed by atoms with E-state index in [9.17, 15) is 13.2 Å². The number of nitrogens with zero attached hydrogens (tertiary/aromatic N) is 1. The number of rotatable bonds is 0. The molecule has 0 unspecified atom stereocenters. The zero-order valence-corrected chi connectivity index (χ0v) is 3.66. The fourth-order valence-electron chi connectivity index (χ4n) is 0.146. The summed E-state index contributed by atoms with van der Waals surface area (Å²) in [4.78, 5) is 2.76. The van der Waals surface area contributed by atoms with Crippen molar-refractivity contribution < 1.29 is 13.2 Å². The molecule has 0 aromatic carbocycles. The minimum Gasteiger partial charge on any atom is -0.291 e. The van der Waals surface area contributed by atoms with Gasteiger partial charge in [-0.1, -0.05) is 0 Å². The molecule has 0 heterocycles. The summed E-state index contributed by atoms with van der Waals surface area (Å²) in [5.74, 6) is 0. The predicted octanol–water partition coefficient (Wildman–Crippen LogP) is 1.25. The number of hydrogen-bond acceptors (Lipinski definition) is 1. The molecule has 4 heteroatoms. The van der Waals surface area contributed by atoms with Crippen LogP contribution in [0.15, 0.2) is 4.99 Å². The van der Waals surface area contributed by atoms with Crippen LogP contribution in [0, 0.1) is 0 Å². The van der Waals surface area contributed by atoms with Gasteiger partial charge < -0.3 is 0 Å². The maximum Gasteiger partial charge on any atom is 0.426 e. The smallest absolute Gasteiger partial charge is 0.291 e. The molecule has 0 aliphatic rings. The molecule has 0 aromatic heterocycles. The van der Waals surface area contributed by atoms with Crippen LogP contribution in [0.3, 0.4) is 0 Å². The van der Waals surface area contributed by atoms with Crippen LogP contribution in [-0.2, 0) is 0 Å². The lowest BCUT2D eigenvalue weighted by molar-refractivity contribution is -0.0536. The van der Waals surface area contributed by atoms with Gasteiger partial charge in [0.05, 0.1) is 0 Å². The first-order valence-electron chi connectivity index (χ1n) is 1.56. The molecule has 0 radical (unpaired) electrons. The first kappa shape index (κ1) is 6.46. The third-order valence-corrected chi connectivity index (χ3v) is 0.275. The van der Waals surface area contributed by atoms with E-state index in [0.717, 1.165) is 7.05 Å². The Morgan fingerprint density at radius 1 is 1.43 bits per heavy atom. The monoisotopic (exact) mass is 111 g/mol. The van der Waals surface area contributed by atoms with E-state index < -0.39 is 6.18 Å². The molecule has 7 heavy (non-hydrogen) atoms. The molecule has 0 saturated carbocycles. The lowest BCUT2D eigenvalue weighted by Crippen LogP contribution is -2.07. The molecule has 0 amide bonds. The summed E-state index contributed by atoms with van der Waals surface area (Å²) < 4.78 is 32.7. The lowest BCUT2D eigenvalue weighted by Gasteiger charge is -1.92. The average Bonchev–Trinajstić information content (AvgIpc) is 1.30. The normalized spacial score (nSPS) is 13.1. The fourth-order valence-corrected chi connectivity index (χ4v) is 0.146. The summed E-state index contributed by atoms with van der Waals surface area (Å²) in [5.41, 5.74) is 0. The average molecular weight is 111 g/mol. The molecule has 0 aromatic rings. The minimum atomic E-state index is -4.24. The Balaban J connectivity index is 3.56. The summed E-state index contributed by atoms with van der Waals surface area (Å²) in [6.07, 6.45) is -4.30. The van der Waals surface area contributed by atoms with Crippen molar-refractivity contribution in [1.29, 1.82) is 0 Å². The van der Waals surface area contributed by atoms with Gasteiger partial charge in [-0.3, -0.25) is 4.99 Å². The third-order valence-electron chi connectivity index (χ3n) is 0.275. The Morgan fingerprint density at radius 3 is 1.86 bits per heavy atom. The van der Waals surface area contributed by atoms with Gasteiger partial charge in [0.15, 0.2) is 0 Å². The van der Waals surface area contributed by atoms with E-state index in [-0.39, 0.29) is 6.21 Å². The molecule has 0 saturated heterocycles. The summed E-state index contributed by atoms with van der Waals surface area (Å²) in [6.45, 7) is 0. The Morgan fingerprint density at radius 2 is 1.86 bits per heavy atom. The zero-order chi connectivity index (χ0) is 5.91. The van der Waals surface area contributed by atoms with Crippen molar-refractivity contribution >= 4 is 6.21 Å². The van der Waals surface area contributed by atoms with Gasteiger partial charge in [0.2, 0.25) is 0 Å². The van der Waals surface area contributed by atoms with Gasteiger partial charge in [0.1, 0.15) is 6.21 Å². The molecule has 0 rings (SSSR count). The van der Waals surface area contributed by atoms with E-state index in [2.05, 4.69) is 4.99 Å². The second-order valence-electron chi connectivity index (χ2n) is 0.929. The van der Waals surface area contributed by atoms with Crippen molar-refractivity contribution in [2.75, 3.05) is 7.05 Å². The standard InChI is InChI=1S/C3H4F3N/c1-7-2-3(4,5)6/h2H,1H3/b7-2+. The Hall–Kier alpha value is -0.540. The molecule has 1 nitrogen and oxygen atoms in total. The topological polar surface area (TPSA) is 12.4 Å². The van der Waals surface area contributed by atoms with Gasteiger partial charge in [-0.2, -0.15) is 13.2 Å². The van der Waals surface area contributed by atoms with Crippen LogP contribution in [-0.4, -0.2) is 19.4 Å². The van der Waals surface area contributed by atoms with Crippen LogP contribution in [0.1, 0.15) is 0 Å². The second kappa shape index (κ2) is 1.95. The fraction of sp³-hybridized carbons (Fsp3) is 0.667. The van der Waals surface area contributed by atoms with Gasteiger partial charge in [0, 0.05) is 7.05 Å². The van der Waals surface area contributed by atoms with Crippen molar-refractivity contribution in [1.82, 2.24) is 0 Å². The van der Waals surface area contributed by atoms with Crippen LogP contribution in [0.5, 0.6) is 0 Å². The van der Waals surface area contributed by atoms with E-state index >= 15 is 0 Å². The van der Waals surface area contributed by atoms with Gasteiger partial charge in [-0.05, 0) is 0 Å². The molecule has 0 aliphatic carbocycles. The van der Waals surface area contributed by atoms with E-state index in [1.165, 1.54) is 0 Å². The quantitative estimate of drug-likeness (QED) is 0.417. The molecular formula is C3H4F3N. The van der Waals surface area contributed by atoms with Gasteiger partial charge in [-0.25, -0.2) is 0 Å². The van der Waals surface area contributed by atoms with Gasteiger partial charge >= 0.3 is 6.18 Å². The maximum absolute atomic E-state index is 10.9. The summed E-state index contributed by atoms with van der Waals surface area (Å²) >= 11 is 0. The Kier molecular flexibility index (Phi) is 1.80. The van der Waals surface area contributed by atoms with Crippen molar-refractivity contribution in [3.05, 3.63) is 0 Å². The number of hydrogen-bond donors (Lipinski definition) is 0. The molecule has 0 fully saturated rings. The van der Waals surface area contributed by atoms with Crippen molar-refractivity contribution in [3.63, 3.8) is 0 Å². The van der Waals surface area contributed by atoms with Gasteiger partial charge in [-0.15, -0.1) is 0 Å². The SMILES string of the molecule is C/N=C/C(F)(F)F. The molecule has 0 aliphatic heterocycles. The highest BCUT2D eigenvalue weighted by atomic mass is 19.4. The highest BCUT2D eigenvalue weighted by Gasteiger charge is 2.22. The third kappa shape index (κ3) is 5.46. The zero-order valence-electron chi connectivity index (χ0n) is 3.66. The highest BCUT2D eigenvalue weighted by molar-refractivity contribution is 5.63. The molecule has 0 bridgehead atoms. The molecule has 0 atom stereocenters. The maximum atomic E-state index is 10.9. The van der Waals surface area contributed by atoms with E-state index in [1.54, 1.807) is 0 Å². The van der Waals surface area contributed by atoms with E-state index in [0.29, 0.717) is 0 Å². The van der Waals surface area contributed by atoms with Crippen LogP contribution in [0.25, 0.3) is 0 Å². The molecule has 42 valence electrons. The number of halogens is 3. The summed E-state index contributed by atoms with van der Waals surface area (Å²) in [6, 6.07) is 0. The Labute approximate surface area is 38.9 Å². The molecule has 0 spiro atoms. The van der Waals surface area contributed by atoms with Crippen LogP contribution < -0.4 is 0 Å². The summed E-state index contributed by atoms with van der Waals surface area (Å²) in [7, 11) is 1.08. The first-order valence-corrected chi connectivity index (χ1v) is 1.56. The van der Waals surface area contributed by atoms with Crippen molar-refractivity contribution in [2.24, 2.45) is 4.99 Å². The van der Waals surface area contributed by atoms with Crippen LogP contribution >= 0.6 is 0 Å².